The third kappa shape index (κ3) is 3.43. The number of hydrogen-bond donors (Lipinski definition) is 0. The lowest BCUT2D eigenvalue weighted by Gasteiger charge is -2.17. The summed E-state index contributed by atoms with van der Waals surface area (Å²) < 4.78 is 30.8. The van der Waals surface area contributed by atoms with E-state index in [-0.39, 0.29) is 11.5 Å². The van der Waals surface area contributed by atoms with Crippen molar-refractivity contribution >= 4 is 38.5 Å². The van der Waals surface area contributed by atoms with E-state index >= 15 is 0 Å². The highest BCUT2D eigenvalue weighted by molar-refractivity contribution is 7.92. The highest BCUT2D eigenvalue weighted by Crippen LogP contribution is 2.24. The van der Waals surface area contributed by atoms with Gasteiger partial charge in [0.2, 0.25) is 10.0 Å². The van der Waals surface area contributed by atoms with Crippen molar-refractivity contribution in [2.75, 3.05) is 24.7 Å². The standard InChI is InChI=1S/C19H18N2O5S/c1-20(27(3,24)25)14-8-6-7-13(11-14)18(22)21-12-16(19(23)26-2)15-9-4-5-10-17(15)21/h4-12H,1-3H3. The zero-order valence-electron chi connectivity index (χ0n) is 15.0. The van der Waals surface area contributed by atoms with Gasteiger partial charge in [-0.2, -0.15) is 0 Å². The summed E-state index contributed by atoms with van der Waals surface area (Å²) in [5, 5.41) is 0.599. The van der Waals surface area contributed by atoms with E-state index < -0.39 is 16.0 Å². The van der Waals surface area contributed by atoms with Crippen LogP contribution in [0.3, 0.4) is 0 Å². The average molecular weight is 386 g/mol. The Morgan fingerprint density at radius 1 is 1.07 bits per heavy atom. The zero-order valence-corrected chi connectivity index (χ0v) is 15.9. The molecule has 27 heavy (non-hydrogen) atoms. The Balaban J connectivity index is 2.11. The van der Waals surface area contributed by atoms with Crippen molar-refractivity contribution < 1.29 is 22.7 Å². The SMILES string of the molecule is COC(=O)c1cn(C(=O)c2cccc(N(C)S(C)(=O)=O)c2)c2ccccc12. The number of carbonyl (C=O) groups is 2. The smallest absolute Gasteiger partial charge is 0.340 e. The fourth-order valence-corrected chi connectivity index (χ4v) is 3.28. The van der Waals surface area contributed by atoms with Crippen molar-refractivity contribution in [1.29, 1.82) is 0 Å². The molecule has 140 valence electrons. The Kier molecular flexibility index (Phi) is 4.75. The van der Waals surface area contributed by atoms with Crippen molar-refractivity contribution in [2.45, 2.75) is 0 Å². The maximum atomic E-state index is 13.1. The highest BCUT2D eigenvalue weighted by Gasteiger charge is 2.20. The zero-order chi connectivity index (χ0) is 19.8. The second-order valence-electron chi connectivity index (χ2n) is 6.01. The van der Waals surface area contributed by atoms with Gasteiger partial charge in [0, 0.05) is 24.2 Å². The van der Waals surface area contributed by atoms with Gasteiger partial charge in [0.1, 0.15) is 0 Å². The van der Waals surface area contributed by atoms with Crippen LogP contribution in [-0.2, 0) is 14.8 Å². The molecule has 2 aromatic carbocycles. The number of methoxy groups -OCH3 is 1. The number of aromatic nitrogens is 1. The van der Waals surface area contributed by atoms with Crippen LogP contribution in [-0.4, -0.2) is 45.3 Å². The third-order valence-corrected chi connectivity index (χ3v) is 5.50. The first kappa shape index (κ1) is 18.7. The minimum atomic E-state index is -3.45. The van der Waals surface area contributed by atoms with Gasteiger partial charge in [0.05, 0.1) is 30.1 Å². The van der Waals surface area contributed by atoms with Crippen LogP contribution < -0.4 is 4.31 Å². The molecular weight excluding hydrogens is 368 g/mol. The molecule has 8 heteroatoms. The summed E-state index contributed by atoms with van der Waals surface area (Å²) in [4.78, 5) is 25.1. The van der Waals surface area contributed by atoms with E-state index in [1.54, 1.807) is 42.5 Å². The average Bonchev–Trinajstić information content (AvgIpc) is 3.05. The molecule has 0 aliphatic rings. The number of rotatable bonds is 4. The van der Waals surface area contributed by atoms with Crippen molar-refractivity contribution in [2.24, 2.45) is 0 Å². The maximum absolute atomic E-state index is 13.1. The molecule has 0 aliphatic carbocycles. The monoisotopic (exact) mass is 386 g/mol. The molecule has 0 fully saturated rings. The van der Waals surface area contributed by atoms with Gasteiger partial charge in [-0.3, -0.25) is 13.7 Å². The predicted octanol–water partition coefficient (Wildman–Crippen LogP) is 2.51. The number of ether oxygens (including phenoxy) is 1. The maximum Gasteiger partial charge on any atom is 0.340 e. The first-order valence-corrected chi connectivity index (χ1v) is 9.86. The van der Waals surface area contributed by atoms with Gasteiger partial charge in [-0.05, 0) is 24.3 Å². The lowest BCUT2D eigenvalue weighted by molar-refractivity contribution is 0.0603. The molecule has 0 saturated heterocycles. The van der Waals surface area contributed by atoms with Crippen LogP contribution in [0.1, 0.15) is 20.7 Å². The topological polar surface area (TPSA) is 85.7 Å². The van der Waals surface area contributed by atoms with Gasteiger partial charge in [-0.15, -0.1) is 0 Å². The predicted molar refractivity (Wildman–Crippen MR) is 103 cm³/mol. The third-order valence-electron chi connectivity index (χ3n) is 4.29. The molecule has 0 amide bonds. The molecule has 7 nitrogen and oxygen atoms in total. The number of benzene rings is 2. The highest BCUT2D eigenvalue weighted by atomic mass is 32.2. The lowest BCUT2D eigenvalue weighted by atomic mass is 10.1. The number of hydrogen-bond acceptors (Lipinski definition) is 5. The lowest BCUT2D eigenvalue weighted by Crippen LogP contribution is -2.25. The van der Waals surface area contributed by atoms with E-state index in [2.05, 4.69) is 0 Å². The van der Waals surface area contributed by atoms with Crippen LogP contribution in [0.25, 0.3) is 10.9 Å². The largest absolute Gasteiger partial charge is 0.465 e. The van der Waals surface area contributed by atoms with E-state index in [1.807, 2.05) is 0 Å². The Morgan fingerprint density at radius 2 is 1.78 bits per heavy atom. The Labute approximate surface area is 156 Å². The number of para-hydroxylation sites is 1. The Morgan fingerprint density at radius 3 is 2.44 bits per heavy atom. The number of carbonyl (C=O) groups excluding carboxylic acids is 2. The van der Waals surface area contributed by atoms with Crippen LogP contribution in [0.2, 0.25) is 0 Å². The minimum Gasteiger partial charge on any atom is -0.465 e. The Bertz CT molecular complexity index is 1150. The summed E-state index contributed by atoms with van der Waals surface area (Å²) in [6, 6.07) is 13.3. The number of esters is 1. The first-order valence-electron chi connectivity index (χ1n) is 8.01. The van der Waals surface area contributed by atoms with Crippen LogP contribution in [0.5, 0.6) is 0 Å². The van der Waals surface area contributed by atoms with Crippen molar-refractivity contribution in [1.82, 2.24) is 4.57 Å². The van der Waals surface area contributed by atoms with Crippen molar-refractivity contribution in [3.05, 3.63) is 65.9 Å². The summed E-state index contributed by atoms with van der Waals surface area (Å²) in [5.41, 5.74) is 1.50. The first-order chi connectivity index (χ1) is 12.7. The van der Waals surface area contributed by atoms with Crippen molar-refractivity contribution in [3.8, 4) is 0 Å². The van der Waals surface area contributed by atoms with Gasteiger partial charge in [0.25, 0.3) is 5.91 Å². The van der Waals surface area contributed by atoms with Gasteiger partial charge in [-0.25, -0.2) is 13.2 Å². The molecular formula is C19H18N2O5S. The molecule has 3 rings (SSSR count). The number of sulfonamides is 1. The van der Waals surface area contributed by atoms with Gasteiger partial charge >= 0.3 is 5.97 Å². The van der Waals surface area contributed by atoms with E-state index in [0.29, 0.717) is 22.2 Å². The number of nitrogens with zero attached hydrogens (tertiary/aromatic N) is 2. The number of fused-ring (bicyclic) bond motifs is 1. The fraction of sp³-hybridized carbons (Fsp3) is 0.158. The molecule has 0 spiro atoms. The summed E-state index contributed by atoms with van der Waals surface area (Å²) in [6.07, 6.45) is 2.52. The molecule has 0 radical (unpaired) electrons. The summed E-state index contributed by atoms with van der Waals surface area (Å²) >= 11 is 0. The molecule has 0 saturated carbocycles. The van der Waals surface area contributed by atoms with E-state index in [0.717, 1.165) is 10.6 Å². The summed E-state index contributed by atoms with van der Waals surface area (Å²) in [7, 11) is -0.760. The molecule has 0 bridgehead atoms. The Hall–Kier alpha value is -3.13. The molecule has 1 heterocycles. The van der Waals surface area contributed by atoms with Crippen LogP contribution in [0.4, 0.5) is 5.69 Å². The molecule has 3 aromatic rings. The quantitative estimate of drug-likeness (QED) is 0.643. The summed E-state index contributed by atoms with van der Waals surface area (Å²) in [5.74, 6) is -0.923. The van der Waals surface area contributed by atoms with Gasteiger partial charge in [-0.1, -0.05) is 24.3 Å². The van der Waals surface area contributed by atoms with Crippen LogP contribution in [0, 0.1) is 0 Å². The molecule has 0 atom stereocenters. The molecule has 1 aromatic heterocycles. The van der Waals surface area contributed by atoms with E-state index in [4.69, 9.17) is 4.74 Å². The second kappa shape index (κ2) is 6.88. The number of anilines is 1. The van der Waals surface area contributed by atoms with Crippen LogP contribution in [0.15, 0.2) is 54.7 Å². The van der Waals surface area contributed by atoms with Gasteiger partial charge < -0.3 is 4.74 Å². The van der Waals surface area contributed by atoms with E-state index in [9.17, 15) is 18.0 Å². The van der Waals surface area contributed by atoms with E-state index in [1.165, 1.54) is 31.0 Å². The minimum absolute atomic E-state index is 0.283. The normalized spacial score (nSPS) is 11.4. The second-order valence-corrected chi connectivity index (χ2v) is 8.02. The van der Waals surface area contributed by atoms with Gasteiger partial charge in [0.15, 0.2) is 0 Å². The molecule has 0 N–H and O–H groups in total. The molecule has 0 unspecified atom stereocenters. The summed E-state index contributed by atoms with van der Waals surface area (Å²) in [6.45, 7) is 0. The van der Waals surface area contributed by atoms with Crippen LogP contribution >= 0.6 is 0 Å². The van der Waals surface area contributed by atoms with Crippen molar-refractivity contribution in [3.63, 3.8) is 0 Å². The molecule has 0 aliphatic heterocycles. The fourth-order valence-electron chi connectivity index (χ4n) is 2.79.